The minimum Gasteiger partial charge on any atom is -0.389 e. The number of carbonyl (C=O) groups excluding carboxylic acids is 1. The zero-order valence-electron chi connectivity index (χ0n) is 11.1. The van der Waals surface area contributed by atoms with E-state index in [1.54, 1.807) is 7.05 Å². The molecule has 0 aliphatic rings. The predicted molar refractivity (Wildman–Crippen MR) is 81.3 cm³/mol. The third-order valence-corrected chi connectivity index (χ3v) is 4.12. The Morgan fingerprint density at radius 3 is 2.70 bits per heavy atom. The van der Waals surface area contributed by atoms with Crippen LogP contribution < -0.4 is 11.1 Å². The Hall–Kier alpha value is -2.32. The van der Waals surface area contributed by atoms with Crippen molar-refractivity contribution in [3.63, 3.8) is 0 Å². The van der Waals surface area contributed by atoms with Gasteiger partial charge in [0.05, 0.1) is 5.56 Å². The summed E-state index contributed by atoms with van der Waals surface area (Å²) in [4.78, 5) is 12.4. The van der Waals surface area contributed by atoms with Crippen molar-refractivity contribution in [3.05, 3.63) is 40.8 Å². The van der Waals surface area contributed by atoms with Crippen LogP contribution in [0, 0.1) is 11.3 Å². The van der Waals surface area contributed by atoms with Crippen LogP contribution in [0.3, 0.4) is 0 Å². The molecule has 0 aliphatic carbocycles. The predicted octanol–water partition coefficient (Wildman–Crippen LogP) is 2.55. The number of nitrogens with one attached hydrogen (secondary N) is 1. The molecule has 102 valence electrons. The van der Waals surface area contributed by atoms with Gasteiger partial charge in [-0.2, -0.15) is 5.26 Å². The average Bonchev–Trinajstić information content (AvgIpc) is 2.81. The van der Waals surface area contributed by atoms with E-state index in [-0.39, 0.29) is 5.91 Å². The van der Waals surface area contributed by atoms with Gasteiger partial charge in [0.1, 0.15) is 11.1 Å². The molecule has 1 heterocycles. The molecule has 0 fully saturated rings. The molecular weight excluding hydrogens is 270 g/mol. The highest BCUT2D eigenvalue weighted by Crippen LogP contribution is 2.38. The number of aryl methyl sites for hydroxylation is 1. The highest BCUT2D eigenvalue weighted by molar-refractivity contribution is 7.16. The van der Waals surface area contributed by atoms with Crippen LogP contribution in [0.5, 0.6) is 0 Å². The minimum absolute atomic E-state index is 0.0190. The quantitative estimate of drug-likeness (QED) is 0.906. The van der Waals surface area contributed by atoms with E-state index >= 15 is 0 Å². The molecule has 1 aromatic heterocycles. The molecule has 20 heavy (non-hydrogen) atoms. The van der Waals surface area contributed by atoms with Gasteiger partial charge in [-0.1, -0.05) is 30.3 Å². The fourth-order valence-corrected chi connectivity index (χ4v) is 3.09. The molecule has 0 spiro atoms. The Morgan fingerprint density at radius 1 is 1.40 bits per heavy atom. The van der Waals surface area contributed by atoms with Gasteiger partial charge in [-0.05, 0) is 12.0 Å². The summed E-state index contributed by atoms with van der Waals surface area (Å²) in [6, 6.07) is 11.8. The first-order chi connectivity index (χ1) is 9.67. The molecule has 0 radical (unpaired) electrons. The lowest BCUT2D eigenvalue weighted by Crippen LogP contribution is -2.17. The first-order valence-corrected chi connectivity index (χ1v) is 7.06. The molecule has 0 atom stereocenters. The summed E-state index contributed by atoms with van der Waals surface area (Å²) in [5.74, 6) is -0.0190. The Morgan fingerprint density at radius 2 is 2.10 bits per heavy atom. The number of hydrogen-bond acceptors (Lipinski definition) is 4. The smallest absolute Gasteiger partial charge is 0.220 e. The number of rotatable bonds is 4. The maximum Gasteiger partial charge on any atom is 0.220 e. The fourth-order valence-electron chi connectivity index (χ4n) is 2.05. The third-order valence-electron chi connectivity index (χ3n) is 3.04. The zero-order chi connectivity index (χ0) is 14.5. The average molecular weight is 285 g/mol. The number of nitrogens with two attached hydrogens (primary N) is 1. The first-order valence-electron chi connectivity index (χ1n) is 6.24. The first kappa shape index (κ1) is 14.1. The molecule has 4 nitrogen and oxygen atoms in total. The van der Waals surface area contributed by atoms with E-state index in [0.717, 1.165) is 16.0 Å². The molecule has 0 saturated carbocycles. The number of anilines is 1. The summed E-state index contributed by atoms with van der Waals surface area (Å²) in [7, 11) is 1.62. The van der Waals surface area contributed by atoms with Crippen LogP contribution in [0.15, 0.2) is 30.3 Å². The molecule has 0 unspecified atom stereocenters. The number of thiophene rings is 1. The number of amides is 1. The number of nitrogens with zero attached hydrogens (tertiary/aromatic N) is 1. The molecule has 2 aromatic rings. The van der Waals surface area contributed by atoms with Gasteiger partial charge < -0.3 is 11.1 Å². The second-order valence-corrected chi connectivity index (χ2v) is 5.43. The van der Waals surface area contributed by atoms with E-state index in [2.05, 4.69) is 11.4 Å². The van der Waals surface area contributed by atoms with Crippen molar-refractivity contribution in [1.82, 2.24) is 5.32 Å². The Bertz CT molecular complexity index is 656. The Labute approximate surface area is 121 Å². The van der Waals surface area contributed by atoms with Gasteiger partial charge in [0.2, 0.25) is 5.91 Å². The number of benzene rings is 1. The second-order valence-electron chi connectivity index (χ2n) is 4.29. The van der Waals surface area contributed by atoms with Gasteiger partial charge in [0.15, 0.2) is 0 Å². The lowest BCUT2D eigenvalue weighted by atomic mass is 10.00. The van der Waals surface area contributed by atoms with Crippen LogP contribution in [-0.4, -0.2) is 13.0 Å². The number of nitriles is 1. The highest BCUT2D eigenvalue weighted by Gasteiger charge is 2.18. The standard InChI is InChI=1S/C15H15N3OS/c1-18-13(19)8-7-12-14(10-5-3-2-4-6-10)11(9-16)15(17)20-12/h2-6H,7-8,17H2,1H3,(H,18,19). The summed E-state index contributed by atoms with van der Waals surface area (Å²) in [6.45, 7) is 0. The van der Waals surface area contributed by atoms with Gasteiger partial charge in [0.25, 0.3) is 0 Å². The molecule has 0 aliphatic heterocycles. The Kier molecular flexibility index (Phi) is 4.38. The molecule has 1 aromatic carbocycles. The van der Waals surface area contributed by atoms with Crippen molar-refractivity contribution in [2.24, 2.45) is 0 Å². The SMILES string of the molecule is CNC(=O)CCc1sc(N)c(C#N)c1-c1ccccc1. The van der Waals surface area contributed by atoms with E-state index in [4.69, 9.17) is 5.73 Å². The summed E-state index contributed by atoms with van der Waals surface area (Å²) in [6.07, 6.45) is 0.974. The minimum atomic E-state index is -0.0190. The Balaban J connectivity index is 2.43. The van der Waals surface area contributed by atoms with Crippen LogP contribution in [0.2, 0.25) is 0 Å². The van der Waals surface area contributed by atoms with Crippen LogP contribution in [0.1, 0.15) is 16.9 Å². The number of carbonyl (C=O) groups is 1. The van der Waals surface area contributed by atoms with E-state index in [1.807, 2.05) is 30.3 Å². The fraction of sp³-hybridized carbons (Fsp3) is 0.200. The third kappa shape index (κ3) is 2.81. The summed E-state index contributed by atoms with van der Waals surface area (Å²) < 4.78 is 0. The summed E-state index contributed by atoms with van der Waals surface area (Å²) >= 11 is 1.39. The van der Waals surface area contributed by atoms with E-state index in [9.17, 15) is 10.1 Å². The topological polar surface area (TPSA) is 78.9 Å². The van der Waals surface area contributed by atoms with E-state index < -0.39 is 0 Å². The molecule has 5 heteroatoms. The van der Waals surface area contributed by atoms with Crippen LogP contribution >= 0.6 is 11.3 Å². The van der Waals surface area contributed by atoms with E-state index in [1.165, 1.54) is 11.3 Å². The van der Waals surface area contributed by atoms with Gasteiger partial charge >= 0.3 is 0 Å². The zero-order valence-corrected chi connectivity index (χ0v) is 12.0. The van der Waals surface area contributed by atoms with Crippen LogP contribution in [-0.2, 0) is 11.2 Å². The molecule has 2 rings (SSSR count). The van der Waals surface area contributed by atoms with Gasteiger partial charge in [-0.15, -0.1) is 11.3 Å². The molecule has 0 bridgehead atoms. The van der Waals surface area contributed by atoms with Gasteiger partial charge in [-0.3, -0.25) is 4.79 Å². The summed E-state index contributed by atoms with van der Waals surface area (Å²) in [5, 5.41) is 12.4. The van der Waals surface area contributed by atoms with Crippen molar-refractivity contribution in [1.29, 1.82) is 5.26 Å². The van der Waals surface area contributed by atoms with Crippen molar-refractivity contribution < 1.29 is 4.79 Å². The van der Waals surface area contributed by atoms with Gasteiger partial charge in [-0.25, -0.2) is 0 Å². The van der Waals surface area contributed by atoms with Crippen molar-refractivity contribution in [2.45, 2.75) is 12.8 Å². The lowest BCUT2D eigenvalue weighted by molar-refractivity contribution is -0.120. The molecular formula is C15H15N3OS. The maximum absolute atomic E-state index is 11.4. The van der Waals surface area contributed by atoms with Gasteiger partial charge in [0, 0.05) is 23.9 Å². The second kappa shape index (κ2) is 6.22. The monoisotopic (exact) mass is 285 g/mol. The van der Waals surface area contributed by atoms with Crippen molar-refractivity contribution in [2.75, 3.05) is 12.8 Å². The molecule has 3 N–H and O–H groups in total. The van der Waals surface area contributed by atoms with Crippen molar-refractivity contribution in [3.8, 4) is 17.2 Å². The highest BCUT2D eigenvalue weighted by atomic mass is 32.1. The summed E-state index contributed by atoms with van der Waals surface area (Å²) in [5.41, 5.74) is 8.25. The van der Waals surface area contributed by atoms with Crippen molar-refractivity contribution >= 4 is 22.2 Å². The normalized spacial score (nSPS) is 10.0. The van der Waals surface area contributed by atoms with Crippen LogP contribution in [0.25, 0.3) is 11.1 Å². The maximum atomic E-state index is 11.4. The largest absolute Gasteiger partial charge is 0.389 e. The number of nitrogen functional groups attached to an aromatic ring is 1. The van der Waals surface area contributed by atoms with Crippen LogP contribution in [0.4, 0.5) is 5.00 Å². The van der Waals surface area contributed by atoms with E-state index in [0.29, 0.717) is 23.4 Å². The number of hydrogen-bond donors (Lipinski definition) is 2. The molecule has 0 saturated heterocycles. The lowest BCUT2D eigenvalue weighted by Gasteiger charge is -2.04. The molecule has 1 amide bonds.